The summed E-state index contributed by atoms with van der Waals surface area (Å²) in [7, 11) is 3.32. The summed E-state index contributed by atoms with van der Waals surface area (Å²) >= 11 is 1.92. The second-order valence-corrected chi connectivity index (χ2v) is 15.3. The molecule has 2 aliphatic heterocycles. The van der Waals surface area contributed by atoms with E-state index in [0.717, 1.165) is 85.7 Å². The van der Waals surface area contributed by atoms with Crippen LogP contribution in [0.5, 0.6) is 17.2 Å². The van der Waals surface area contributed by atoms with Gasteiger partial charge in [-0.2, -0.15) is 16.9 Å². The van der Waals surface area contributed by atoms with E-state index in [1.54, 1.807) is 14.2 Å². The van der Waals surface area contributed by atoms with E-state index in [9.17, 15) is 9.59 Å². The van der Waals surface area contributed by atoms with E-state index >= 15 is 0 Å². The van der Waals surface area contributed by atoms with Crippen molar-refractivity contribution in [2.24, 2.45) is 0 Å². The summed E-state index contributed by atoms with van der Waals surface area (Å²) in [5.41, 5.74) is 7.09. The van der Waals surface area contributed by atoms with Gasteiger partial charge in [0.15, 0.2) is 17.3 Å². The Balaban J connectivity index is 0.707. The third-order valence-corrected chi connectivity index (χ3v) is 12.1. The molecule has 53 heavy (non-hydrogen) atoms. The summed E-state index contributed by atoms with van der Waals surface area (Å²) in [4.78, 5) is 23.7. The van der Waals surface area contributed by atoms with Crippen LogP contribution in [0.3, 0.4) is 0 Å². The van der Waals surface area contributed by atoms with Crippen molar-refractivity contribution in [3.8, 4) is 28.5 Å². The van der Waals surface area contributed by atoms with Crippen molar-refractivity contribution in [3.05, 3.63) is 52.6 Å². The number of H-pyrrole nitrogens is 1. The molecule has 7 rings (SSSR count). The lowest BCUT2D eigenvalue weighted by atomic mass is 10.0. The summed E-state index contributed by atoms with van der Waals surface area (Å²) in [5.74, 6) is 4.28. The molecular weight excluding hydrogens is 697 g/mol. The van der Waals surface area contributed by atoms with Gasteiger partial charge in [0, 0.05) is 48.1 Å². The van der Waals surface area contributed by atoms with E-state index < -0.39 is 0 Å². The average Bonchev–Trinajstić information content (AvgIpc) is 3.99. The summed E-state index contributed by atoms with van der Waals surface area (Å²) in [5, 5.41) is 21.0. The van der Waals surface area contributed by atoms with Crippen molar-refractivity contribution in [1.29, 1.82) is 0 Å². The maximum Gasteiger partial charge on any atom is 0.315 e. The summed E-state index contributed by atoms with van der Waals surface area (Å²) in [6.45, 7) is 3.34. The highest BCUT2D eigenvalue weighted by molar-refractivity contribution is 8.00. The van der Waals surface area contributed by atoms with Crippen LogP contribution in [0.25, 0.3) is 11.3 Å². The zero-order chi connectivity index (χ0) is 36.6. The number of rotatable bonds is 21. The Morgan fingerprint density at radius 1 is 0.943 bits per heavy atom. The number of fused-ring (bicyclic) bond motifs is 5. The Hall–Kier alpha value is -4.14. The smallest absolute Gasteiger partial charge is 0.315 e. The molecule has 3 heterocycles. The Kier molecular flexibility index (Phi) is 12.5. The Morgan fingerprint density at radius 3 is 2.64 bits per heavy atom. The first-order valence-electron chi connectivity index (χ1n) is 19.0. The number of aromatic nitrogens is 2. The van der Waals surface area contributed by atoms with Crippen LogP contribution < -0.4 is 35.5 Å². The van der Waals surface area contributed by atoms with Crippen LogP contribution >= 0.6 is 11.8 Å². The number of anilines is 1. The quantitative estimate of drug-likeness (QED) is 0.0572. The van der Waals surface area contributed by atoms with Crippen LogP contribution in [0.2, 0.25) is 0 Å². The molecule has 0 radical (unpaired) electrons. The molecule has 3 amide bonds. The van der Waals surface area contributed by atoms with Gasteiger partial charge in [-0.05, 0) is 79.5 Å². The van der Waals surface area contributed by atoms with E-state index in [-0.39, 0.29) is 30.1 Å². The summed E-state index contributed by atoms with van der Waals surface area (Å²) < 4.78 is 28.4. The third kappa shape index (κ3) is 8.98. The molecule has 2 saturated heterocycles. The number of ether oxygens (including phenoxy) is 5. The fourth-order valence-electron chi connectivity index (χ4n) is 7.83. The van der Waals surface area contributed by atoms with E-state index in [1.807, 2.05) is 23.9 Å². The summed E-state index contributed by atoms with van der Waals surface area (Å²) in [6, 6.07) is 11.0. The lowest BCUT2D eigenvalue weighted by Gasteiger charge is -2.16. The largest absolute Gasteiger partial charge is 0.493 e. The van der Waals surface area contributed by atoms with Crippen molar-refractivity contribution < 1.29 is 33.3 Å². The minimum Gasteiger partial charge on any atom is -0.493 e. The molecular formula is C39H52N6O7S. The number of hydrogen-bond donors (Lipinski definition) is 5. The molecule has 0 bridgehead atoms. The van der Waals surface area contributed by atoms with Gasteiger partial charge in [0.05, 0.1) is 57.9 Å². The van der Waals surface area contributed by atoms with E-state index in [2.05, 4.69) is 49.7 Å². The number of benzene rings is 2. The van der Waals surface area contributed by atoms with Gasteiger partial charge in [0.25, 0.3) is 0 Å². The molecule has 4 aliphatic rings. The fourth-order valence-corrected chi connectivity index (χ4v) is 9.37. The monoisotopic (exact) mass is 748 g/mol. The van der Waals surface area contributed by atoms with Crippen LogP contribution in [0.1, 0.15) is 73.2 Å². The molecule has 0 saturated carbocycles. The highest BCUT2D eigenvalue weighted by Gasteiger charge is 2.42. The minimum absolute atomic E-state index is 0.0492. The predicted octanol–water partition coefficient (Wildman–Crippen LogP) is 5.13. The maximum absolute atomic E-state index is 12.2. The zero-order valence-corrected chi connectivity index (χ0v) is 31.5. The second kappa shape index (κ2) is 17.8. The average molecular weight is 749 g/mol. The van der Waals surface area contributed by atoms with Crippen molar-refractivity contribution in [3.63, 3.8) is 0 Å². The third-order valence-electron chi connectivity index (χ3n) is 10.6. The topological polar surface area (TPSA) is 157 Å². The highest BCUT2D eigenvalue weighted by Crippen LogP contribution is 2.45. The van der Waals surface area contributed by atoms with Gasteiger partial charge in [-0.3, -0.25) is 9.89 Å². The van der Waals surface area contributed by atoms with Gasteiger partial charge < -0.3 is 45.0 Å². The number of methoxy groups -OCH3 is 2. The van der Waals surface area contributed by atoms with Gasteiger partial charge >= 0.3 is 6.03 Å². The Bertz CT molecular complexity index is 1740. The molecule has 14 heteroatoms. The van der Waals surface area contributed by atoms with Crippen molar-refractivity contribution in [2.45, 2.75) is 81.2 Å². The van der Waals surface area contributed by atoms with Crippen LogP contribution in [0.15, 0.2) is 30.3 Å². The normalized spacial score (nSPS) is 20.6. The number of amides is 3. The lowest BCUT2D eigenvalue weighted by Crippen LogP contribution is -2.36. The number of nitrogens with one attached hydrogen (secondary N) is 5. The molecule has 2 fully saturated rings. The second-order valence-electron chi connectivity index (χ2n) is 14.1. The molecule has 3 aromatic rings. The standard InChI is InChI=1S/C39H52N6O7S/c1-48-32-21-25-20-29-36(28(25)22-33(32)49-2)44-45-38(29)41-30-12-9-24-19-26(10-11-27(24)30)52-18-17-51-16-15-50-14-6-5-13-40-35(46)8-4-3-7-34-37-31(23-53-34)42-39(47)43-37/h10-11,19,21-22,30-31,34,37H,3-9,12-18,20,23H2,1-2H3,(H,40,46)(H2,41,44,45)(H2,42,43,47). The molecule has 5 N–H and O–H groups in total. The lowest BCUT2D eigenvalue weighted by molar-refractivity contribution is -0.121. The maximum atomic E-state index is 12.2. The number of carbonyl (C=O) groups is 2. The number of carbonyl (C=O) groups excluding carboxylic acids is 2. The van der Waals surface area contributed by atoms with Crippen LogP contribution in [-0.2, 0) is 27.1 Å². The van der Waals surface area contributed by atoms with Gasteiger partial charge in [0.2, 0.25) is 5.91 Å². The molecule has 4 unspecified atom stereocenters. The number of aryl methyl sites for hydroxylation is 1. The van der Waals surface area contributed by atoms with Gasteiger partial charge in [-0.15, -0.1) is 0 Å². The molecule has 1 aromatic heterocycles. The minimum atomic E-state index is -0.0492. The predicted molar refractivity (Wildman–Crippen MR) is 204 cm³/mol. The van der Waals surface area contributed by atoms with Crippen LogP contribution in [0, 0.1) is 0 Å². The Morgan fingerprint density at radius 2 is 1.77 bits per heavy atom. The SMILES string of the molecule is COc1cc2c(cc1OC)-c1[nH]nc(NC3CCc4cc(OCCOCCOCCCCNC(=O)CCCCC5SCC6NC(=O)NC65)ccc43)c1C2. The number of hydrogen-bond acceptors (Lipinski definition) is 10. The van der Waals surface area contributed by atoms with E-state index in [4.69, 9.17) is 23.7 Å². The van der Waals surface area contributed by atoms with Gasteiger partial charge in [0.1, 0.15) is 12.4 Å². The number of urea groups is 1. The molecule has 2 aromatic carbocycles. The van der Waals surface area contributed by atoms with Crippen molar-refractivity contribution in [1.82, 2.24) is 26.1 Å². The van der Waals surface area contributed by atoms with Crippen LogP contribution in [-0.4, -0.2) is 99.0 Å². The van der Waals surface area contributed by atoms with Crippen LogP contribution in [0.4, 0.5) is 10.6 Å². The van der Waals surface area contributed by atoms with E-state index in [0.29, 0.717) is 57.0 Å². The number of thioether (sulfide) groups is 1. The molecule has 286 valence electrons. The fraction of sp³-hybridized carbons (Fsp3) is 0.564. The first kappa shape index (κ1) is 37.2. The zero-order valence-electron chi connectivity index (χ0n) is 30.7. The van der Waals surface area contributed by atoms with E-state index in [1.165, 1.54) is 22.3 Å². The molecule has 0 spiro atoms. The first-order valence-corrected chi connectivity index (χ1v) is 20.0. The Labute approximate surface area is 315 Å². The highest BCUT2D eigenvalue weighted by atomic mass is 32.2. The number of nitrogens with zero attached hydrogens (tertiary/aromatic N) is 1. The van der Waals surface area contributed by atoms with Gasteiger partial charge in [-0.25, -0.2) is 4.79 Å². The van der Waals surface area contributed by atoms with Crippen molar-refractivity contribution >= 4 is 29.5 Å². The number of unbranched alkanes of at least 4 members (excludes halogenated alkanes) is 2. The molecule has 4 atom stereocenters. The first-order chi connectivity index (χ1) is 26.0. The number of aromatic amines is 1. The summed E-state index contributed by atoms with van der Waals surface area (Å²) in [6.07, 6.45) is 8.00. The molecule has 2 aliphatic carbocycles. The van der Waals surface area contributed by atoms with Crippen molar-refractivity contribution in [2.75, 3.05) is 64.9 Å². The molecule has 13 nitrogen and oxygen atoms in total. The van der Waals surface area contributed by atoms with Gasteiger partial charge in [-0.1, -0.05) is 12.5 Å².